The van der Waals surface area contributed by atoms with Crippen LogP contribution in [0.15, 0.2) is 30.3 Å². The molecular weight excluding hydrogens is 298 g/mol. The van der Waals surface area contributed by atoms with Gasteiger partial charge in [0.1, 0.15) is 0 Å². The van der Waals surface area contributed by atoms with Gasteiger partial charge in [-0.3, -0.25) is 4.79 Å². The van der Waals surface area contributed by atoms with Gasteiger partial charge in [-0.15, -0.1) is 0 Å². The van der Waals surface area contributed by atoms with E-state index < -0.39 is 0 Å². The second-order valence-electron chi connectivity index (χ2n) is 8.79. The highest BCUT2D eigenvalue weighted by molar-refractivity contribution is 5.83. The molecule has 128 valence electrons. The SMILES string of the molecule is O=C(N1CCOCC1)C12C[C@H]3C[C@@H](C1)CC(c1ccccc1)(C3)C2. The van der Waals surface area contributed by atoms with Crippen molar-refractivity contribution in [1.29, 1.82) is 0 Å². The summed E-state index contributed by atoms with van der Waals surface area (Å²) < 4.78 is 5.46. The average Bonchev–Trinajstić information content (AvgIpc) is 2.61. The molecule has 4 saturated carbocycles. The molecule has 4 aliphatic carbocycles. The average molecular weight is 325 g/mol. The third-order valence-corrected chi connectivity index (χ3v) is 7.20. The first-order valence-electron chi connectivity index (χ1n) is 9.62. The third kappa shape index (κ3) is 2.17. The van der Waals surface area contributed by atoms with E-state index in [1.54, 1.807) is 0 Å². The van der Waals surface area contributed by atoms with Crippen LogP contribution in [0.4, 0.5) is 0 Å². The number of morpholine rings is 1. The zero-order valence-corrected chi connectivity index (χ0v) is 14.4. The van der Waals surface area contributed by atoms with Gasteiger partial charge in [0.05, 0.1) is 18.6 Å². The molecule has 24 heavy (non-hydrogen) atoms. The van der Waals surface area contributed by atoms with Gasteiger partial charge in [-0.2, -0.15) is 0 Å². The molecule has 5 fully saturated rings. The Hall–Kier alpha value is -1.35. The quantitative estimate of drug-likeness (QED) is 0.834. The van der Waals surface area contributed by atoms with Crippen molar-refractivity contribution in [3.8, 4) is 0 Å². The van der Waals surface area contributed by atoms with Gasteiger partial charge in [-0.25, -0.2) is 0 Å². The number of hydrogen-bond acceptors (Lipinski definition) is 2. The van der Waals surface area contributed by atoms with Crippen molar-refractivity contribution in [2.45, 2.75) is 43.9 Å². The molecule has 3 heteroatoms. The lowest BCUT2D eigenvalue weighted by molar-refractivity contribution is -0.164. The van der Waals surface area contributed by atoms with E-state index in [1.807, 2.05) is 0 Å². The normalized spacial score (nSPS) is 40.8. The molecular formula is C21H27NO2. The first-order valence-corrected chi connectivity index (χ1v) is 9.62. The van der Waals surface area contributed by atoms with Gasteiger partial charge in [0.25, 0.3) is 0 Å². The maximum absolute atomic E-state index is 13.5. The molecule has 4 atom stereocenters. The molecule has 0 spiro atoms. The van der Waals surface area contributed by atoms with Crippen LogP contribution in [0, 0.1) is 17.3 Å². The molecule has 1 saturated heterocycles. The van der Waals surface area contributed by atoms with Gasteiger partial charge in [-0.05, 0) is 61.3 Å². The van der Waals surface area contributed by atoms with Gasteiger partial charge in [0.2, 0.25) is 5.91 Å². The largest absolute Gasteiger partial charge is 0.378 e. The maximum atomic E-state index is 13.5. The van der Waals surface area contributed by atoms with E-state index >= 15 is 0 Å². The van der Waals surface area contributed by atoms with Crippen LogP contribution in [-0.4, -0.2) is 37.1 Å². The number of amides is 1. The summed E-state index contributed by atoms with van der Waals surface area (Å²) in [6.07, 6.45) is 7.29. The molecule has 2 unspecified atom stereocenters. The van der Waals surface area contributed by atoms with Crippen LogP contribution in [0.25, 0.3) is 0 Å². The van der Waals surface area contributed by atoms with Gasteiger partial charge >= 0.3 is 0 Å². The van der Waals surface area contributed by atoms with Crippen LogP contribution in [0.3, 0.4) is 0 Å². The summed E-state index contributed by atoms with van der Waals surface area (Å²) in [5.41, 5.74) is 1.66. The number of ether oxygens (including phenoxy) is 1. The van der Waals surface area contributed by atoms with Crippen LogP contribution in [0.2, 0.25) is 0 Å². The summed E-state index contributed by atoms with van der Waals surface area (Å²) in [6.45, 7) is 2.99. The number of benzene rings is 1. The first kappa shape index (κ1) is 14.9. The van der Waals surface area contributed by atoms with E-state index in [0.717, 1.165) is 44.2 Å². The lowest BCUT2D eigenvalue weighted by atomic mass is 9.42. The second-order valence-corrected chi connectivity index (χ2v) is 8.79. The molecule has 1 heterocycles. The van der Waals surface area contributed by atoms with E-state index in [9.17, 15) is 4.79 Å². The molecule has 0 N–H and O–H groups in total. The smallest absolute Gasteiger partial charge is 0.228 e. The maximum Gasteiger partial charge on any atom is 0.228 e. The Kier molecular flexibility index (Phi) is 3.31. The molecule has 0 radical (unpaired) electrons. The number of hydrogen-bond donors (Lipinski definition) is 0. The van der Waals surface area contributed by atoms with Crippen molar-refractivity contribution in [3.63, 3.8) is 0 Å². The molecule has 6 rings (SSSR count). The number of carbonyl (C=O) groups excluding carboxylic acids is 1. The summed E-state index contributed by atoms with van der Waals surface area (Å²) in [4.78, 5) is 15.6. The monoisotopic (exact) mass is 325 g/mol. The van der Waals surface area contributed by atoms with Crippen LogP contribution >= 0.6 is 0 Å². The van der Waals surface area contributed by atoms with E-state index in [1.165, 1.54) is 24.8 Å². The highest BCUT2D eigenvalue weighted by Crippen LogP contribution is 2.66. The van der Waals surface area contributed by atoms with Crippen molar-refractivity contribution >= 4 is 5.91 Å². The lowest BCUT2D eigenvalue weighted by Crippen LogP contribution is -2.60. The van der Waals surface area contributed by atoms with Crippen molar-refractivity contribution in [1.82, 2.24) is 4.90 Å². The molecule has 1 aliphatic heterocycles. The van der Waals surface area contributed by atoms with Gasteiger partial charge < -0.3 is 9.64 Å². The predicted octanol–water partition coefficient (Wildman–Crippen LogP) is 3.38. The van der Waals surface area contributed by atoms with E-state index in [2.05, 4.69) is 35.2 Å². The fourth-order valence-electron chi connectivity index (χ4n) is 6.74. The molecule has 1 aromatic carbocycles. The van der Waals surface area contributed by atoms with Crippen LogP contribution in [-0.2, 0) is 14.9 Å². The van der Waals surface area contributed by atoms with Crippen LogP contribution in [0.1, 0.15) is 44.1 Å². The topological polar surface area (TPSA) is 29.5 Å². The number of carbonyl (C=O) groups is 1. The fraction of sp³-hybridized carbons (Fsp3) is 0.667. The van der Waals surface area contributed by atoms with E-state index in [4.69, 9.17) is 4.74 Å². The highest BCUT2D eigenvalue weighted by atomic mass is 16.5. The minimum Gasteiger partial charge on any atom is -0.378 e. The minimum absolute atomic E-state index is 0.0860. The summed E-state index contributed by atoms with van der Waals surface area (Å²) in [5.74, 6) is 1.94. The zero-order chi connectivity index (χ0) is 16.2. The van der Waals surface area contributed by atoms with Crippen molar-refractivity contribution < 1.29 is 9.53 Å². The minimum atomic E-state index is -0.0860. The molecule has 5 aliphatic rings. The Labute approximate surface area is 144 Å². The lowest BCUT2D eigenvalue weighted by Gasteiger charge is -2.62. The molecule has 1 aromatic rings. The molecule has 4 bridgehead atoms. The highest BCUT2D eigenvalue weighted by Gasteiger charge is 2.61. The summed E-state index contributed by atoms with van der Waals surface area (Å²) in [6, 6.07) is 11.1. The molecule has 3 nitrogen and oxygen atoms in total. The van der Waals surface area contributed by atoms with Crippen molar-refractivity contribution in [3.05, 3.63) is 35.9 Å². The van der Waals surface area contributed by atoms with Gasteiger partial charge in [0, 0.05) is 13.1 Å². The Morgan fingerprint density at radius 2 is 1.67 bits per heavy atom. The fourth-order valence-corrected chi connectivity index (χ4v) is 6.74. The zero-order valence-electron chi connectivity index (χ0n) is 14.4. The van der Waals surface area contributed by atoms with Crippen molar-refractivity contribution in [2.24, 2.45) is 17.3 Å². The van der Waals surface area contributed by atoms with Crippen LogP contribution in [0.5, 0.6) is 0 Å². The standard InChI is InChI=1S/C21H27NO2/c23-19(22-6-8-24-9-7-22)21-13-16-10-17(14-21)12-20(11-16,15-21)18-4-2-1-3-5-18/h1-5,16-17H,6-15H2/t16-,17+,20?,21?. The summed E-state index contributed by atoms with van der Waals surface area (Å²) in [7, 11) is 0. The van der Waals surface area contributed by atoms with E-state index in [-0.39, 0.29) is 10.8 Å². The number of nitrogens with zero attached hydrogens (tertiary/aromatic N) is 1. The van der Waals surface area contributed by atoms with Crippen molar-refractivity contribution in [2.75, 3.05) is 26.3 Å². The predicted molar refractivity (Wildman–Crippen MR) is 92.6 cm³/mol. The summed E-state index contributed by atoms with van der Waals surface area (Å²) >= 11 is 0. The Balaban J connectivity index is 1.50. The Morgan fingerprint density at radius 3 is 2.33 bits per heavy atom. The van der Waals surface area contributed by atoms with Gasteiger partial charge in [-0.1, -0.05) is 30.3 Å². The van der Waals surface area contributed by atoms with Crippen LogP contribution < -0.4 is 0 Å². The molecule has 0 aromatic heterocycles. The van der Waals surface area contributed by atoms with E-state index in [0.29, 0.717) is 19.1 Å². The van der Waals surface area contributed by atoms with Gasteiger partial charge in [0.15, 0.2) is 0 Å². The first-order chi connectivity index (χ1) is 11.7. The third-order valence-electron chi connectivity index (χ3n) is 7.20. The Morgan fingerprint density at radius 1 is 1.00 bits per heavy atom. The number of rotatable bonds is 2. The second kappa shape index (κ2) is 5.32. The summed E-state index contributed by atoms with van der Waals surface area (Å²) in [5, 5.41) is 0. The Bertz CT molecular complexity index is 620. The molecule has 1 amide bonds.